The predicted molar refractivity (Wildman–Crippen MR) is 132 cm³/mol. The molecule has 6 atom stereocenters. The van der Waals surface area contributed by atoms with Crippen LogP contribution >= 0.6 is 19.4 Å². The Morgan fingerprint density at radius 3 is 2.86 bits per heavy atom. The normalized spacial score (nSPS) is 34.1. The molecule has 5 rings (SSSR count). The fraction of sp³-hybridized carbons (Fsp3) is 0.435. The summed E-state index contributed by atoms with van der Waals surface area (Å²) in [6.07, 6.45) is -0.130. The summed E-state index contributed by atoms with van der Waals surface area (Å²) in [4.78, 5) is 20.8. The number of Topliss-reactive ketones (excluding diaryl/α,β-unsaturated/α-hetero) is 1. The van der Waals surface area contributed by atoms with Crippen LogP contribution in [-0.2, 0) is 27.7 Å². The van der Waals surface area contributed by atoms with Gasteiger partial charge in [-0.15, -0.1) is 0 Å². The third-order valence-corrected chi connectivity index (χ3v) is 8.54. The molecule has 2 aliphatic heterocycles. The molecule has 198 valence electrons. The molecule has 2 aromatic heterocycles. The molecule has 14 heteroatoms. The van der Waals surface area contributed by atoms with E-state index in [-0.39, 0.29) is 12.4 Å². The number of phosphoric ester groups is 1. The van der Waals surface area contributed by atoms with Crippen LogP contribution in [0.1, 0.15) is 38.2 Å². The number of rotatable bonds is 6. The van der Waals surface area contributed by atoms with Crippen molar-refractivity contribution in [2.24, 2.45) is 0 Å². The second-order valence-electron chi connectivity index (χ2n) is 9.18. The number of halogens is 1. The number of benzene rings is 1. The van der Waals surface area contributed by atoms with E-state index in [1.165, 1.54) is 17.8 Å². The molecule has 2 saturated heterocycles. The zero-order valence-electron chi connectivity index (χ0n) is 20.0. The lowest BCUT2D eigenvalue weighted by Gasteiger charge is -2.36. The highest BCUT2D eigenvalue weighted by Crippen LogP contribution is 2.58. The minimum atomic E-state index is -4.13. The van der Waals surface area contributed by atoms with Crippen molar-refractivity contribution in [2.45, 2.75) is 49.9 Å². The number of ketones is 1. The quantitative estimate of drug-likeness (QED) is 0.384. The lowest BCUT2D eigenvalue weighted by molar-refractivity contribution is -0.169. The van der Waals surface area contributed by atoms with Gasteiger partial charge in [-0.25, -0.2) is 14.5 Å². The molecular formula is C23H26ClN4O8P. The van der Waals surface area contributed by atoms with Crippen molar-refractivity contribution in [1.29, 1.82) is 0 Å². The molecule has 2 fully saturated rings. The van der Waals surface area contributed by atoms with Gasteiger partial charge in [0.1, 0.15) is 29.5 Å². The zero-order chi connectivity index (χ0) is 26.6. The highest BCUT2D eigenvalue weighted by molar-refractivity contribution is 7.48. The number of anilines is 1. The van der Waals surface area contributed by atoms with Gasteiger partial charge in [0.2, 0.25) is 0 Å². The largest absolute Gasteiger partial charge is 0.475 e. The Hall–Kier alpha value is -2.41. The molecule has 4 N–H and O–H groups in total. The van der Waals surface area contributed by atoms with E-state index in [1.54, 1.807) is 36.5 Å². The zero-order valence-corrected chi connectivity index (χ0v) is 21.6. The second-order valence-corrected chi connectivity index (χ2v) is 11.2. The van der Waals surface area contributed by atoms with Crippen molar-refractivity contribution in [3.8, 4) is 0 Å². The SMILES string of the molecule is CC(=O)[C@@]1(O)[C@@H](CO[P@@]2(=O)OCC[C@@H](c3cccc(Cl)c3)O2)O[C@@H](n2ccc3c(N)ncnc32)[C@]1(C)O. The van der Waals surface area contributed by atoms with E-state index in [0.29, 0.717) is 28.0 Å². The molecule has 0 unspecified atom stereocenters. The number of ether oxygens (including phenoxy) is 1. The van der Waals surface area contributed by atoms with Gasteiger partial charge in [-0.3, -0.25) is 18.4 Å². The highest BCUT2D eigenvalue weighted by atomic mass is 35.5. The fourth-order valence-electron chi connectivity index (χ4n) is 4.83. The molecule has 12 nitrogen and oxygen atoms in total. The summed E-state index contributed by atoms with van der Waals surface area (Å²) in [5, 5.41) is 23.9. The van der Waals surface area contributed by atoms with Crippen LogP contribution in [0.15, 0.2) is 42.9 Å². The molecule has 2 aliphatic rings. The topological polar surface area (TPSA) is 168 Å². The molecule has 0 aliphatic carbocycles. The first kappa shape index (κ1) is 26.2. The van der Waals surface area contributed by atoms with Gasteiger partial charge in [-0.2, -0.15) is 0 Å². The number of carbonyl (C=O) groups excluding carboxylic acids is 1. The first-order chi connectivity index (χ1) is 17.5. The summed E-state index contributed by atoms with van der Waals surface area (Å²) < 4.78 is 37.2. The number of carbonyl (C=O) groups is 1. The number of nitrogen functional groups attached to an aromatic ring is 1. The van der Waals surface area contributed by atoms with Gasteiger partial charge in [0.25, 0.3) is 0 Å². The maximum Gasteiger partial charge on any atom is 0.475 e. The van der Waals surface area contributed by atoms with E-state index in [1.807, 2.05) is 0 Å². The first-order valence-electron chi connectivity index (χ1n) is 11.5. The van der Waals surface area contributed by atoms with Crippen LogP contribution in [-0.4, -0.2) is 61.1 Å². The van der Waals surface area contributed by atoms with Crippen molar-refractivity contribution >= 4 is 42.1 Å². The van der Waals surface area contributed by atoms with Gasteiger partial charge in [0.15, 0.2) is 17.6 Å². The van der Waals surface area contributed by atoms with Gasteiger partial charge in [-0.05, 0) is 37.6 Å². The minimum Gasteiger partial charge on any atom is -0.383 e. The second kappa shape index (κ2) is 9.40. The smallest absolute Gasteiger partial charge is 0.383 e. The maximum atomic E-state index is 13.3. The summed E-state index contributed by atoms with van der Waals surface area (Å²) in [5.41, 5.74) is 2.34. The minimum absolute atomic E-state index is 0.0772. The lowest BCUT2D eigenvalue weighted by atomic mass is 9.78. The summed E-state index contributed by atoms with van der Waals surface area (Å²) in [6, 6.07) is 8.54. The summed E-state index contributed by atoms with van der Waals surface area (Å²) in [6.45, 7) is 1.87. The van der Waals surface area contributed by atoms with E-state index in [2.05, 4.69) is 9.97 Å². The lowest BCUT2D eigenvalue weighted by Crippen LogP contribution is -2.61. The van der Waals surface area contributed by atoms with Crippen LogP contribution < -0.4 is 5.73 Å². The number of hydrogen-bond donors (Lipinski definition) is 3. The molecular weight excluding hydrogens is 527 g/mol. The molecule has 0 saturated carbocycles. The molecule has 37 heavy (non-hydrogen) atoms. The van der Waals surface area contributed by atoms with Crippen LogP contribution in [0.4, 0.5) is 5.82 Å². The summed E-state index contributed by atoms with van der Waals surface area (Å²) in [7, 11) is -4.13. The summed E-state index contributed by atoms with van der Waals surface area (Å²) >= 11 is 6.07. The highest BCUT2D eigenvalue weighted by Gasteiger charge is 2.67. The van der Waals surface area contributed by atoms with Crippen molar-refractivity contribution in [3.63, 3.8) is 0 Å². The fourth-order valence-corrected chi connectivity index (χ4v) is 6.41. The average Bonchev–Trinajstić information content (AvgIpc) is 3.36. The third-order valence-electron chi connectivity index (χ3n) is 6.83. The number of nitrogens with two attached hydrogens (primary N) is 1. The Labute approximate surface area is 216 Å². The first-order valence-corrected chi connectivity index (χ1v) is 13.3. The number of fused-ring (bicyclic) bond motifs is 1. The molecule has 0 amide bonds. The van der Waals surface area contributed by atoms with Crippen LogP contribution in [0.25, 0.3) is 11.0 Å². The van der Waals surface area contributed by atoms with Gasteiger partial charge in [0, 0.05) is 17.6 Å². The number of aromatic nitrogens is 3. The Bertz CT molecular complexity index is 1400. The Kier molecular flexibility index (Phi) is 6.66. The monoisotopic (exact) mass is 552 g/mol. The van der Waals surface area contributed by atoms with Crippen molar-refractivity contribution in [3.05, 3.63) is 53.4 Å². The van der Waals surface area contributed by atoms with Crippen LogP contribution in [0.2, 0.25) is 5.02 Å². The van der Waals surface area contributed by atoms with Crippen molar-refractivity contribution in [1.82, 2.24) is 14.5 Å². The van der Waals surface area contributed by atoms with Crippen LogP contribution in [0.3, 0.4) is 0 Å². The molecule has 4 heterocycles. The van der Waals surface area contributed by atoms with Gasteiger partial charge >= 0.3 is 7.82 Å². The van der Waals surface area contributed by atoms with Crippen LogP contribution in [0.5, 0.6) is 0 Å². The number of nitrogens with zero attached hydrogens (tertiary/aromatic N) is 3. The van der Waals surface area contributed by atoms with Gasteiger partial charge in [0.05, 0.1) is 24.7 Å². The predicted octanol–water partition coefficient (Wildman–Crippen LogP) is 2.94. The van der Waals surface area contributed by atoms with Gasteiger partial charge in [-0.1, -0.05) is 23.7 Å². The molecule has 1 aromatic carbocycles. The number of hydrogen-bond acceptors (Lipinski definition) is 11. The van der Waals surface area contributed by atoms with E-state index >= 15 is 0 Å². The Morgan fingerprint density at radius 2 is 2.14 bits per heavy atom. The van der Waals surface area contributed by atoms with Crippen molar-refractivity contribution in [2.75, 3.05) is 18.9 Å². The molecule has 0 spiro atoms. The van der Waals surface area contributed by atoms with Crippen LogP contribution in [0, 0.1) is 0 Å². The standard InChI is InChI=1S/C23H26ClN4O8P/c1-13(29)23(31)18(11-34-37(32)33-9-7-17(36-37)14-4-3-5-15(24)10-14)35-21(22(23,2)30)28-8-6-16-19(25)26-12-27-20(16)28/h3-6,8,10,12,17-18,21,30-31H,7,9,11H2,1-2H3,(H2,25,26,27)/t17-,18+,21+,22-,23+,37+/m0/s1. The third kappa shape index (κ3) is 4.37. The molecule has 0 bridgehead atoms. The molecule has 3 aromatic rings. The number of aliphatic hydroxyl groups is 2. The Balaban J connectivity index is 1.40. The maximum absolute atomic E-state index is 13.3. The van der Waals surface area contributed by atoms with Crippen molar-refractivity contribution < 1.29 is 37.9 Å². The average molecular weight is 553 g/mol. The van der Waals surface area contributed by atoms with E-state index in [0.717, 1.165) is 6.92 Å². The van der Waals surface area contributed by atoms with E-state index in [4.69, 9.17) is 35.6 Å². The van der Waals surface area contributed by atoms with Gasteiger partial charge < -0.3 is 25.3 Å². The Morgan fingerprint density at radius 1 is 1.35 bits per heavy atom. The number of phosphoric acid groups is 1. The molecule has 0 radical (unpaired) electrons. The summed E-state index contributed by atoms with van der Waals surface area (Å²) in [5.74, 6) is -0.568. The van der Waals surface area contributed by atoms with E-state index < -0.39 is 49.9 Å². The van der Waals surface area contributed by atoms with E-state index in [9.17, 15) is 19.6 Å².